The van der Waals surface area contributed by atoms with Crippen LogP contribution in [-0.2, 0) is 9.59 Å². The van der Waals surface area contributed by atoms with Gasteiger partial charge in [0.2, 0.25) is 11.8 Å². The van der Waals surface area contributed by atoms with Crippen LogP contribution in [0.2, 0.25) is 0 Å². The zero-order valence-electron chi connectivity index (χ0n) is 11.5. The molecule has 0 unspecified atom stereocenters. The third kappa shape index (κ3) is 3.59. The molecule has 1 fully saturated rings. The molecule has 0 heterocycles. The molecule has 1 saturated carbocycles. The second-order valence-electron chi connectivity index (χ2n) is 5.25. The van der Waals surface area contributed by atoms with Crippen LogP contribution in [0.4, 0.5) is 5.69 Å². The maximum atomic E-state index is 12.2. The lowest BCUT2D eigenvalue weighted by Crippen LogP contribution is -2.42. The van der Waals surface area contributed by atoms with Gasteiger partial charge in [0.05, 0.1) is 0 Å². The number of nitrogens with one attached hydrogen (secondary N) is 1. The van der Waals surface area contributed by atoms with Crippen LogP contribution in [0.1, 0.15) is 36.0 Å². The van der Waals surface area contributed by atoms with Gasteiger partial charge in [-0.25, -0.2) is 0 Å². The summed E-state index contributed by atoms with van der Waals surface area (Å²) in [6.07, 6.45) is 2.66. The Labute approximate surface area is 122 Å². The Morgan fingerprint density at radius 1 is 1.05 bits per heavy atom. The zero-order valence-corrected chi connectivity index (χ0v) is 11.5. The predicted octanol–water partition coefficient (Wildman–Crippen LogP) is 0.280. The Hall–Kier alpha value is -2.37. The van der Waals surface area contributed by atoms with E-state index in [0.29, 0.717) is 24.1 Å². The first-order valence-electron chi connectivity index (χ1n) is 6.90. The topological polar surface area (TPSA) is 112 Å². The third-order valence-corrected chi connectivity index (χ3v) is 3.84. The van der Waals surface area contributed by atoms with Crippen molar-refractivity contribution in [3.63, 3.8) is 0 Å². The number of benzene rings is 1. The lowest BCUT2D eigenvalue weighted by molar-refractivity contribution is -0.313. The average molecular weight is 289 g/mol. The van der Waals surface area contributed by atoms with Gasteiger partial charge in [-0.1, -0.05) is 12.8 Å². The van der Waals surface area contributed by atoms with Gasteiger partial charge in [0, 0.05) is 29.1 Å². The number of amides is 2. The molecule has 6 heteroatoms. The molecule has 2 rings (SSSR count). The van der Waals surface area contributed by atoms with Crippen molar-refractivity contribution < 1.29 is 19.5 Å². The Balaban J connectivity index is 2.05. The Bertz CT molecular complexity index is 553. The van der Waals surface area contributed by atoms with Crippen molar-refractivity contribution >= 4 is 23.5 Å². The molecule has 21 heavy (non-hydrogen) atoms. The summed E-state index contributed by atoms with van der Waals surface area (Å²) in [5.41, 5.74) is 5.99. The molecule has 1 aromatic rings. The monoisotopic (exact) mass is 289 g/mol. The van der Waals surface area contributed by atoms with E-state index in [9.17, 15) is 19.5 Å². The van der Waals surface area contributed by atoms with Gasteiger partial charge in [0.25, 0.3) is 0 Å². The number of carboxylic acids is 1. The minimum atomic E-state index is -1.17. The second-order valence-corrected chi connectivity index (χ2v) is 5.25. The van der Waals surface area contributed by atoms with E-state index in [4.69, 9.17) is 5.73 Å². The first kappa shape index (κ1) is 15.0. The maximum Gasteiger partial charge on any atom is 0.248 e. The number of nitrogens with two attached hydrogens (primary N) is 1. The fraction of sp³-hybridized carbons (Fsp3) is 0.400. The van der Waals surface area contributed by atoms with E-state index in [1.165, 1.54) is 12.1 Å². The van der Waals surface area contributed by atoms with E-state index in [1.54, 1.807) is 12.1 Å². The van der Waals surface area contributed by atoms with Crippen LogP contribution >= 0.6 is 0 Å². The van der Waals surface area contributed by atoms with Crippen molar-refractivity contribution in [2.75, 3.05) is 5.32 Å². The lowest BCUT2D eigenvalue weighted by Gasteiger charge is -2.31. The smallest absolute Gasteiger partial charge is 0.248 e. The molecule has 0 saturated heterocycles. The number of carbonyl (C=O) groups excluding carboxylic acids is 3. The van der Waals surface area contributed by atoms with Gasteiger partial charge in [-0.3, -0.25) is 9.59 Å². The van der Waals surface area contributed by atoms with E-state index in [-0.39, 0.29) is 5.91 Å². The quantitative estimate of drug-likeness (QED) is 0.828. The van der Waals surface area contributed by atoms with Crippen LogP contribution in [0.15, 0.2) is 24.3 Å². The third-order valence-electron chi connectivity index (χ3n) is 3.84. The van der Waals surface area contributed by atoms with E-state index in [0.717, 1.165) is 12.8 Å². The SMILES string of the molecule is NC(=O)c1ccc(NC(=O)[C@@H]2CCCC[C@@H]2C(=O)[O-])cc1. The van der Waals surface area contributed by atoms with Crippen molar-refractivity contribution in [1.82, 2.24) is 0 Å². The first-order chi connectivity index (χ1) is 9.99. The van der Waals surface area contributed by atoms with Crippen LogP contribution in [-0.4, -0.2) is 17.8 Å². The van der Waals surface area contributed by atoms with Crippen molar-refractivity contribution in [2.24, 2.45) is 17.6 Å². The van der Waals surface area contributed by atoms with Gasteiger partial charge in [0.15, 0.2) is 0 Å². The normalized spacial score (nSPS) is 21.5. The molecule has 1 aliphatic carbocycles. The molecule has 112 valence electrons. The Morgan fingerprint density at radius 3 is 2.14 bits per heavy atom. The highest BCUT2D eigenvalue weighted by atomic mass is 16.4. The van der Waals surface area contributed by atoms with Crippen LogP contribution in [0.5, 0.6) is 0 Å². The van der Waals surface area contributed by atoms with Gasteiger partial charge in [0.1, 0.15) is 0 Å². The summed E-state index contributed by atoms with van der Waals surface area (Å²) in [7, 11) is 0. The van der Waals surface area contributed by atoms with Crippen LogP contribution in [0.25, 0.3) is 0 Å². The number of hydrogen-bond donors (Lipinski definition) is 2. The first-order valence-corrected chi connectivity index (χ1v) is 6.90. The van der Waals surface area contributed by atoms with E-state index < -0.39 is 23.7 Å². The fourth-order valence-corrected chi connectivity index (χ4v) is 2.68. The Morgan fingerprint density at radius 2 is 1.62 bits per heavy atom. The van der Waals surface area contributed by atoms with Gasteiger partial charge in [-0.05, 0) is 37.1 Å². The number of carbonyl (C=O) groups is 3. The second kappa shape index (κ2) is 6.39. The molecule has 1 aliphatic rings. The van der Waals surface area contributed by atoms with Crippen molar-refractivity contribution in [2.45, 2.75) is 25.7 Å². The molecule has 3 N–H and O–H groups in total. The molecule has 0 radical (unpaired) electrons. The molecule has 6 nitrogen and oxygen atoms in total. The number of hydrogen-bond acceptors (Lipinski definition) is 4. The Kier molecular flexibility index (Phi) is 4.57. The fourth-order valence-electron chi connectivity index (χ4n) is 2.68. The summed E-state index contributed by atoms with van der Waals surface area (Å²) in [5, 5.41) is 13.8. The molecule has 2 atom stereocenters. The van der Waals surface area contributed by atoms with Gasteiger partial charge < -0.3 is 21.0 Å². The van der Waals surface area contributed by atoms with Crippen molar-refractivity contribution in [3.8, 4) is 0 Å². The molecule has 0 aromatic heterocycles. The zero-order chi connectivity index (χ0) is 15.4. The number of primary amides is 1. The molecule has 1 aromatic carbocycles. The number of anilines is 1. The minimum absolute atomic E-state index is 0.323. The highest BCUT2D eigenvalue weighted by Gasteiger charge is 2.31. The molecule has 0 spiro atoms. The van der Waals surface area contributed by atoms with Gasteiger partial charge in [-0.2, -0.15) is 0 Å². The van der Waals surface area contributed by atoms with Crippen LogP contribution in [0, 0.1) is 11.8 Å². The minimum Gasteiger partial charge on any atom is -0.550 e. The standard InChI is InChI=1S/C15H18N2O4/c16-13(18)9-5-7-10(8-6-9)17-14(19)11-3-1-2-4-12(11)15(20)21/h5-8,11-12H,1-4H2,(H2,16,18)(H,17,19)(H,20,21)/p-1/t11-,12+/m1/s1. The summed E-state index contributed by atoms with van der Waals surface area (Å²) in [5.74, 6) is -3.34. The summed E-state index contributed by atoms with van der Waals surface area (Å²) < 4.78 is 0. The molecular formula is C15H17N2O4-. The largest absolute Gasteiger partial charge is 0.550 e. The number of rotatable bonds is 4. The highest BCUT2D eigenvalue weighted by molar-refractivity contribution is 5.96. The summed E-state index contributed by atoms with van der Waals surface area (Å²) in [4.78, 5) is 34.3. The predicted molar refractivity (Wildman–Crippen MR) is 74.0 cm³/mol. The summed E-state index contributed by atoms with van der Waals surface area (Å²) in [6.45, 7) is 0. The number of carboxylic acid groups (broad SMARTS) is 1. The number of aliphatic carboxylic acids is 1. The highest BCUT2D eigenvalue weighted by Crippen LogP contribution is 2.30. The average Bonchev–Trinajstić information content (AvgIpc) is 2.47. The van der Waals surface area contributed by atoms with Crippen LogP contribution < -0.4 is 16.2 Å². The molecular weight excluding hydrogens is 272 g/mol. The summed E-state index contributed by atoms with van der Waals surface area (Å²) >= 11 is 0. The van der Waals surface area contributed by atoms with E-state index in [2.05, 4.69) is 5.32 Å². The van der Waals surface area contributed by atoms with Crippen molar-refractivity contribution in [3.05, 3.63) is 29.8 Å². The van der Waals surface area contributed by atoms with Gasteiger partial charge >= 0.3 is 0 Å². The lowest BCUT2D eigenvalue weighted by atomic mass is 9.78. The van der Waals surface area contributed by atoms with Gasteiger partial charge in [-0.15, -0.1) is 0 Å². The molecule has 0 aliphatic heterocycles. The maximum absolute atomic E-state index is 12.2. The summed E-state index contributed by atoms with van der Waals surface area (Å²) in [6, 6.07) is 6.15. The van der Waals surface area contributed by atoms with E-state index >= 15 is 0 Å². The van der Waals surface area contributed by atoms with E-state index in [1.807, 2.05) is 0 Å². The van der Waals surface area contributed by atoms with Crippen molar-refractivity contribution in [1.29, 1.82) is 0 Å². The van der Waals surface area contributed by atoms with Crippen LogP contribution in [0.3, 0.4) is 0 Å². The molecule has 0 bridgehead atoms. The molecule has 2 amide bonds.